The fraction of sp³-hybridized carbons (Fsp3) is 0.583. The monoisotopic (exact) mass is 224 g/mol. The first-order chi connectivity index (χ1) is 7.84. The highest BCUT2D eigenvalue weighted by atomic mass is 16.5. The second kappa shape index (κ2) is 8.21. The van der Waals surface area contributed by atoms with Gasteiger partial charge < -0.3 is 14.8 Å². The van der Waals surface area contributed by atoms with Gasteiger partial charge in [-0.3, -0.25) is 4.98 Å². The number of hydrogen-bond donors (Lipinski definition) is 1. The molecule has 1 aromatic heterocycles. The molecule has 0 unspecified atom stereocenters. The molecular formula is C12H20N2O2. The molecule has 1 aromatic rings. The van der Waals surface area contributed by atoms with E-state index < -0.39 is 0 Å². The molecule has 0 fully saturated rings. The first kappa shape index (κ1) is 13.1. The molecular weight excluding hydrogens is 204 g/mol. The predicted octanol–water partition coefficient (Wildman–Crippen LogP) is 1.40. The van der Waals surface area contributed by atoms with Crippen LogP contribution in [0.5, 0.6) is 0 Å². The second-order valence-electron chi connectivity index (χ2n) is 3.56. The van der Waals surface area contributed by atoms with E-state index in [1.165, 1.54) is 5.56 Å². The van der Waals surface area contributed by atoms with Crippen LogP contribution in [0.4, 0.5) is 0 Å². The van der Waals surface area contributed by atoms with Crippen molar-refractivity contribution in [3.63, 3.8) is 0 Å². The third kappa shape index (κ3) is 5.21. The maximum absolute atomic E-state index is 5.36. The highest BCUT2D eigenvalue weighted by Crippen LogP contribution is 2.09. The average Bonchev–Trinajstić information content (AvgIpc) is 2.34. The van der Waals surface area contributed by atoms with Gasteiger partial charge in [0.2, 0.25) is 0 Å². The van der Waals surface area contributed by atoms with Crippen LogP contribution in [0.2, 0.25) is 0 Å². The zero-order valence-electron chi connectivity index (χ0n) is 9.98. The fourth-order valence-corrected chi connectivity index (χ4v) is 1.36. The summed E-state index contributed by atoms with van der Waals surface area (Å²) in [5.41, 5.74) is 1.24. The molecule has 0 saturated carbocycles. The first-order valence-electron chi connectivity index (χ1n) is 5.54. The number of methoxy groups -OCH3 is 1. The molecule has 0 radical (unpaired) electrons. The van der Waals surface area contributed by atoms with E-state index in [4.69, 9.17) is 9.47 Å². The van der Waals surface area contributed by atoms with Gasteiger partial charge in [0.25, 0.3) is 0 Å². The van der Waals surface area contributed by atoms with E-state index in [0.29, 0.717) is 25.9 Å². The quantitative estimate of drug-likeness (QED) is 0.678. The third-order valence-corrected chi connectivity index (χ3v) is 2.33. The van der Waals surface area contributed by atoms with E-state index in [1.54, 1.807) is 7.11 Å². The van der Waals surface area contributed by atoms with E-state index in [0.717, 1.165) is 6.54 Å². The van der Waals surface area contributed by atoms with Gasteiger partial charge in [-0.2, -0.15) is 0 Å². The van der Waals surface area contributed by atoms with E-state index in [-0.39, 0.29) is 0 Å². The summed E-state index contributed by atoms with van der Waals surface area (Å²) < 4.78 is 10.2. The van der Waals surface area contributed by atoms with Crippen LogP contribution < -0.4 is 5.32 Å². The second-order valence-corrected chi connectivity index (χ2v) is 3.56. The Morgan fingerprint density at radius 3 is 2.69 bits per heavy atom. The maximum Gasteiger partial charge on any atom is 0.0700 e. The fourth-order valence-electron chi connectivity index (χ4n) is 1.36. The van der Waals surface area contributed by atoms with E-state index in [9.17, 15) is 0 Å². The molecule has 0 saturated heterocycles. The van der Waals surface area contributed by atoms with Crippen molar-refractivity contribution < 1.29 is 9.47 Å². The summed E-state index contributed by atoms with van der Waals surface area (Å²) in [6.45, 7) is 4.98. The summed E-state index contributed by atoms with van der Waals surface area (Å²) in [7, 11) is 1.67. The van der Waals surface area contributed by atoms with E-state index in [1.807, 2.05) is 24.5 Å². The summed E-state index contributed by atoms with van der Waals surface area (Å²) in [6.07, 6.45) is 3.62. The lowest BCUT2D eigenvalue weighted by Crippen LogP contribution is -2.23. The minimum absolute atomic E-state index is 0.328. The summed E-state index contributed by atoms with van der Waals surface area (Å²) >= 11 is 0. The van der Waals surface area contributed by atoms with E-state index in [2.05, 4.69) is 17.2 Å². The van der Waals surface area contributed by atoms with Gasteiger partial charge in [-0.15, -0.1) is 0 Å². The Morgan fingerprint density at radius 2 is 2.00 bits per heavy atom. The predicted molar refractivity (Wildman–Crippen MR) is 63.3 cm³/mol. The molecule has 0 aliphatic carbocycles. The topological polar surface area (TPSA) is 43.4 Å². The number of nitrogens with zero attached hydrogens (tertiary/aromatic N) is 1. The SMILES string of the molecule is COCCOCCN[C@@H](C)c1ccncc1. The molecule has 4 heteroatoms. The van der Waals surface area contributed by atoms with Crippen LogP contribution in [0.15, 0.2) is 24.5 Å². The number of rotatable bonds is 8. The van der Waals surface area contributed by atoms with Gasteiger partial charge in [-0.05, 0) is 24.6 Å². The molecule has 90 valence electrons. The van der Waals surface area contributed by atoms with Gasteiger partial charge in [-0.1, -0.05) is 0 Å². The normalized spacial score (nSPS) is 12.6. The molecule has 0 spiro atoms. The van der Waals surface area contributed by atoms with Crippen LogP contribution in [0, 0.1) is 0 Å². The zero-order valence-corrected chi connectivity index (χ0v) is 9.98. The van der Waals surface area contributed by atoms with Gasteiger partial charge in [0.15, 0.2) is 0 Å². The van der Waals surface area contributed by atoms with Crippen molar-refractivity contribution in [3.8, 4) is 0 Å². The number of ether oxygens (including phenoxy) is 2. The molecule has 1 N–H and O–H groups in total. The summed E-state index contributed by atoms with van der Waals surface area (Å²) in [5.74, 6) is 0. The van der Waals surface area contributed by atoms with Crippen LogP contribution >= 0.6 is 0 Å². The molecule has 0 amide bonds. The van der Waals surface area contributed by atoms with Crippen LogP contribution in [-0.2, 0) is 9.47 Å². The van der Waals surface area contributed by atoms with Crippen molar-refractivity contribution in [1.29, 1.82) is 0 Å². The van der Waals surface area contributed by atoms with Gasteiger partial charge >= 0.3 is 0 Å². The number of hydrogen-bond acceptors (Lipinski definition) is 4. The Kier molecular flexibility index (Phi) is 6.72. The lowest BCUT2D eigenvalue weighted by Gasteiger charge is -2.13. The Balaban J connectivity index is 2.09. The smallest absolute Gasteiger partial charge is 0.0700 e. The van der Waals surface area contributed by atoms with Crippen LogP contribution in [-0.4, -0.2) is 38.5 Å². The lowest BCUT2D eigenvalue weighted by atomic mass is 10.1. The van der Waals surface area contributed by atoms with Gasteiger partial charge in [-0.25, -0.2) is 0 Å². The van der Waals surface area contributed by atoms with Crippen molar-refractivity contribution in [2.24, 2.45) is 0 Å². The van der Waals surface area contributed by atoms with Crippen LogP contribution in [0.1, 0.15) is 18.5 Å². The van der Waals surface area contributed by atoms with Crippen molar-refractivity contribution in [1.82, 2.24) is 10.3 Å². The Morgan fingerprint density at radius 1 is 1.25 bits per heavy atom. The third-order valence-electron chi connectivity index (χ3n) is 2.33. The standard InChI is InChI=1S/C12H20N2O2/c1-11(12-3-5-13-6-4-12)14-7-8-16-10-9-15-2/h3-6,11,14H,7-10H2,1-2H3/t11-/m0/s1. The van der Waals surface area contributed by atoms with Crippen LogP contribution in [0.25, 0.3) is 0 Å². The average molecular weight is 224 g/mol. The van der Waals surface area contributed by atoms with Gasteiger partial charge in [0.1, 0.15) is 0 Å². The van der Waals surface area contributed by atoms with Crippen molar-refractivity contribution in [2.75, 3.05) is 33.5 Å². The molecule has 1 rings (SSSR count). The Hall–Kier alpha value is -0.970. The van der Waals surface area contributed by atoms with E-state index >= 15 is 0 Å². The minimum Gasteiger partial charge on any atom is -0.382 e. The lowest BCUT2D eigenvalue weighted by molar-refractivity contribution is 0.0712. The largest absolute Gasteiger partial charge is 0.382 e. The molecule has 1 atom stereocenters. The number of nitrogens with one attached hydrogen (secondary N) is 1. The number of aromatic nitrogens is 1. The van der Waals surface area contributed by atoms with Gasteiger partial charge in [0.05, 0.1) is 19.8 Å². The van der Waals surface area contributed by atoms with Crippen molar-refractivity contribution in [3.05, 3.63) is 30.1 Å². The van der Waals surface area contributed by atoms with Gasteiger partial charge in [0, 0.05) is 32.1 Å². The summed E-state index contributed by atoms with van der Waals surface area (Å²) in [5, 5.41) is 3.38. The molecule has 16 heavy (non-hydrogen) atoms. The summed E-state index contributed by atoms with van der Waals surface area (Å²) in [4.78, 5) is 3.99. The Bertz CT molecular complexity index is 267. The molecule has 4 nitrogen and oxygen atoms in total. The van der Waals surface area contributed by atoms with Crippen LogP contribution in [0.3, 0.4) is 0 Å². The maximum atomic E-state index is 5.36. The first-order valence-corrected chi connectivity index (χ1v) is 5.54. The molecule has 0 aliphatic heterocycles. The molecule has 0 aromatic carbocycles. The molecule has 0 aliphatic rings. The Labute approximate surface area is 97.0 Å². The summed E-state index contributed by atoms with van der Waals surface area (Å²) in [6, 6.07) is 4.36. The van der Waals surface area contributed by atoms with Crippen molar-refractivity contribution >= 4 is 0 Å². The number of pyridine rings is 1. The molecule has 0 bridgehead atoms. The highest BCUT2D eigenvalue weighted by Gasteiger charge is 2.02. The van der Waals surface area contributed by atoms with Crippen molar-refractivity contribution in [2.45, 2.75) is 13.0 Å². The molecule has 1 heterocycles. The minimum atomic E-state index is 0.328. The highest BCUT2D eigenvalue weighted by molar-refractivity contribution is 5.13. The zero-order chi connectivity index (χ0) is 11.6.